The van der Waals surface area contributed by atoms with Crippen molar-refractivity contribution >= 4 is 5.69 Å². The zero-order valence-corrected chi connectivity index (χ0v) is 13.6. The molecule has 0 amide bonds. The van der Waals surface area contributed by atoms with E-state index in [1.165, 1.54) is 11.1 Å². The standard InChI is InChI=1S/C20H25N/c1-8-9-15(3)17(5)13-18(6)19(7)21-20-12-14(2)10-11-16(20)4/h8-13,21H,3,6-7H2,1-2,4-5H3/b9-8-,17-13+. The molecule has 0 bridgehead atoms. The van der Waals surface area contributed by atoms with Crippen molar-refractivity contribution in [2.75, 3.05) is 5.32 Å². The molecule has 21 heavy (non-hydrogen) atoms. The summed E-state index contributed by atoms with van der Waals surface area (Å²) in [4.78, 5) is 0. The Balaban J connectivity index is 2.84. The summed E-state index contributed by atoms with van der Waals surface area (Å²) in [6, 6.07) is 6.31. The lowest BCUT2D eigenvalue weighted by Crippen LogP contribution is -2.01. The molecule has 0 atom stereocenters. The Morgan fingerprint density at radius 2 is 1.76 bits per heavy atom. The van der Waals surface area contributed by atoms with Gasteiger partial charge in [0, 0.05) is 11.4 Å². The van der Waals surface area contributed by atoms with Crippen molar-refractivity contribution in [2.24, 2.45) is 0 Å². The molecule has 0 spiro atoms. The van der Waals surface area contributed by atoms with E-state index < -0.39 is 0 Å². The van der Waals surface area contributed by atoms with Crippen LogP contribution in [0.2, 0.25) is 0 Å². The van der Waals surface area contributed by atoms with Gasteiger partial charge in [-0.1, -0.05) is 50.1 Å². The molecule has 0 aliphatic heterocycles. The Bertz CT molecular complexity index is 627. The van der Waals surface area contributed by atoms with Crippen molar-refractivity contribution in [3.8, 4) is 0 Å². The van der Waals surface area contributed by atoms with Crippen molar-refractivity contribution in [1.29, 1.82) is 0 Å². The molecule has 1 aromatic carbocycles. The lowest BCUT2D eigenvalue weighted by molar-refractivity contribution is 1.33. The molecule has 1 heteroatoms. The second kappa shape index (κ2) is 7.49. The number of rotatable bonds is 6. The smallest absolute Gasteiger partial charge is 0.0416 e. The number of allylic oxidation sites excluding steroid dienone is 5. The zero-order valence-electron chi connectivity index (χ0n) is 13.6. The van der Waals surface area contributed by atoms with Crippen LogP contribution in [0.1, 0.15) is 25.0 Å². The fourth-order valence-electron chi connectivity index (χ4n) is 1.89. The van der Waals surface area contributed by atoms with Gasteiger partial charge in [-0.05, 0) is 61.6 Å². The topological polar surface area (TPSA) is 12.0 Å². The van der Waals surface area contributed by atoms with Crippen molar-refractivity contribution in [1.82, 2.24) is 0 Å². The van der Waals surface area contributed by atoms with E-state index in [0.717, 1.165) is 28.1 Å². The van der Waals surface area contributed by atoms with Gasteiger partial charge in [0.05, 0.1) is 0 Å². The summed E-state index contributed by atoms with van der Waals surface area (Å²) in [5, 5.41) is 3.34. The molecule has 1 N–H and O–H groups in total. The highest BCUT2D eigenvalue weighted by Crippen LogP contribution is 2.21. The van der Waals surface area contributed by atoms with E-state index in [9.17, 15) is 0 Å². The molecule has 0 saturated carbocycles. The number of nitrogens with one attached hydrogen (secondary N) is 1. The molecule has 1 rings (SSSR count). The van der Waals surface area contributed by atoms with E-state index in [1.807, 2.05) is 32.1 Å². The summed E-state index contributed by atoms with van der Waals surface area (Å²) >= 11 is 0. The Hall–Kier alpha value is -2.28. The van der Waals surface area contributed by atoms with Crippen LogP contribution in [-0.2, 0) is 0 Å². The minimum atomic E-state index is 0.802. The first kappa shape index (κ1) is 16.8. The van der Waals surface area contributed by atoms with Gasteiger partial charge in [0.25, 0.3) is 0 Å². The third-order valence-corrected chi connectivity index (χ3v) is 3.33. The first-order valence-corrected chi connectivity index (χ1v) is 7.08. The van der Waals surface area contributed by atoms with E-state index in [1.54, 1.807) is 0 Å². The molecule has 0 radical (unpaired) electrons. The fraction of sp³-hybridized carbons (Fsp3) is 0.200. The van der Waals surface area contributed by atoms with Gasteiger partial charge in [-0.15, -0.1) is 0 Å². The molecule has 1 aromatic rings. The quantitative estimate of drug-likeness (QED) is 0.643. The normalized spacial score (nSPS) is 11.5. The molecule has 0 aromatic heterocycles. The van der Waals surface area contributed by atoms with E-state index in [2.05, 4.69) is 57.1 Å². The van der Waals surface area contributed by atoms with Crippen LogP contribution in [0.15, 0.2) is 78.6 Å². The SMILES string of the molecule is C=C(/C=C(\C)C(=C)/C=C\C)C(=C)Nc1cc(C)ccc1C. The highest BCUT2D eigenvalue weighted by Gasteiger charge is 2.03. The molecule has 110 valence electrons. The third kappa shape index (κ3) is 4.96. The molecule has 0 heterocycles. The van der Waals surface area contributed by atoms with Crippen LogP contribution in [0.3, 0.4) is 0 Å². The van der Waals surface area contributed by atoms with Gasteiger partial charge >= 0.3 is 0 Å². The molecule has 0 aliphatic rings. The van der Waals surface area contributed by atoms with Crippen LogP contribution < -0.4 is 5.32 Å². The van der Waals surface area contributed by atoms with Crippen LogP contribution >= 0.6 is 0 Å². The second-order valence-electron chi connectivity index (χ2n) is 5.30. The first-order chi connectivity index (χ1) is 9.85. The monoisotopic (exact) mass is 279 g/mol. The Morgan fingerprint density at radius 1 is 1.10 bits per heavy atom. The molecule has 0 saturated heterocycles. The van der Waals surface area contributed by atoms with Gasteiger partial charge in [0.2, 0.25) is 0 Å². The second-order valence-corrected chi connectivity index (χ2v) is 5.30. The minimum Gasteiger partial charge on any atom is -0.355 e. The zero-order chi connectivity index (χ0) is 16.0. The highest BCUT2D eigenvalue weighted by molar-refractivity contribution is 5.60. The maximum absolute atomic E-state index is 4.08. The fourth-order valence-corrected chi connectivity index (χ4v) is 1.89. The largest absolute Gasteiger partial charge is 0.355 e. The maximum Gasteiger partial charge on any atom is 0.0416 e. The van der Waals surface area contributed by atoms with Crippen molar-refractivity contribution in [3.63, 3.8) is 0 Å². The van der Waals surface area contributed by atoms with Crippen molar-refractivity contribution in [2.45, 2.75) is 27.7 Å². The van der Waals surface area contributed by atoms with E-state index in [4.69, 9.17) is 0 Å². The highest BCUT2D eigenvalue weighted by atomic mass is 14.9. The average Bonchev–Trinajstić information content (AvgIpc) is 2.42. The van der Waals surface area contributed by atoms with Crippen molar-refractivity contribution < 1.29 is 0 Å². The van der Waals surface area contributed by atoms with Crippen LogP contribution in [0.5, 0.6) is 0 Å². The number of hydrogen-bond donors (Lipinski definition) is 1. The molecule has 1 nitrogen and oxygen atoms in total. The van der Waals surface area contributed by atoms with Gasteiger partial charge in [0.1, 0.15) is 0 Å². The molecule has 0 aliphatic carbocycles. The van der Waals surface area contributed by atoms with Gasteiger partial charge in [-0.3, -0.25) is 0 Å². The lowest BCUT2D eigenvalue weighted by atomic mass is 10.0. The van der Waals surface area contributed by atoms with Crippen LogP contribution in [0, 0.1) is 13.8 Å². The predicted molar refractivity (Wildman–Crippen MR) is 95.5 cm³/mol. The van der Waals surface area contributed by atoms with E-state index >= 15 is 0 Å². The average molecular weight is 279 g/mol. The summed E-state index contributed by atoms with van der Waals surface area (Å²) in [6.07, 6.45) is 5.97. The Kier molecular flexibility index (Phi) is 5.98. The number of benzene rings is 1. The maximum atomic E-state index is 4.08. The van der Waals surface area contributed by atoms with Crippen molar-refractivity contribution in [3.05, 3.63) is 89.7 Å². The van der Waals surface area contributed by atoms with E-state index in [-0.39, 0.29) is 0 Å². The Morgan fingerprint density at radius 3 is 2.38 bits per heavy atom. The van der Waals surface area contributed by atoms with Crippen LogP contribution in [0.4, 0.5) is 5.69 Å². The predicted octanol–water partition coefficient (Wildman–Crippen LogP) is 5.86. The van der Waals surface area contributed by atoms with Gasteiger partial charge in [-0.25, -0.2) is 0 Å². The first-order valence-electron chi connectivity index (χ1n) is 7.08. The van der Waals surface area contributed by atoms with Crippen LogP contribution in [0.25, 0.3) is 0 Å². The molecular formula is C20H25N. The molecule has 0 fully saturated rings. The third-order valence-electron chi connectivity index (χ3n) is 3.33. The summed E-state index contributed by atoms with van der Waals surface area (Å²) < 4.78 is 0. The summed E-state index contributed by atoms with van der Waals surface area (Å²) in [5.74, 6) is 0. The van der Waals surface area contributed by atoms with Gasteiger partial charge < -0.3 is 5.32 Å². The Labute approximate surface area is 129 Å². The van der Waals surface area contributed by atoms with Crippen LogP contribution in [-0.4, -0.2) is 0 Å². The summed E-state index contributed by atoms with van der Waals surface area (Å²) in [5.41, 5.74) is 7.21. The van der Waals surface area contributed by atoms with Gasteiger partial charge in [-0.2, -0.15) is 0 Å². The number of anilines is 1. The molecular weight excluding hydrogens is 254 g/mol. The minimum absolute atomic E-state index is 0.802. The summed E-state index contributed by atoms with van der Waals surface area (Å²) in [6.45, 7) is 20.3. The summed E-state index contributed by atoms with van der Waals surface area (Å²) in [7, 11) is 0. The molecule has 0 unspecified atom stereocenters. The lowest BCUT2D eigenvalue weighted by Gasteiger charge is -2.14. The number of aryl methyl sites for hydroxylation is 2. The van der Waals surface area contributed by atoms with E-state index in [0.29, 0.717) is 0 Å². The van der Waals surface area contributed by atoms with Gasteiger partial charge in [0.15, 0.2) is 0 Å². The number of hydrogen-bond acceptors (Lipinski definition) is 1.